The van der Waals surface area contributed by atoms with E-state index < -0.39 is 23.6 Å². The Balaban J connectivity index is 3.15. The summed E-state index contributed by atoms with van der Waals surface area (Å²) in [6.45, 7) is 0. The SMILES string of the molecule is COC(=O)c1ccc(C(=O)C(F)(F)F)n1C. The largest absolute Gasteiger partial charge is 0.464 e. The third-order valence-electron chi connectivity index (χ3n) is 2.01. The summed E-state index contributed by atoms with van der Waals surface area (Å²) in [5.74, 6) is -2.80. The van der Waals surface area contributed by atoms with Crippen LogP contribution in [-0.4, -0.2) is 29.6 Å². The number of alkyl halides is 3. The van der Waals surface area contributed by atoms with Gasteiger partial charge in [-0.3, -0.25) is 4.79 Å². The number of nitrogens with zero attached hydrogens (tertiary/aromatic N) is 1. The third kappa shape index (κ3) is 2.07. The number of hydrogen-bond acceptors (Lipinski definition) is 3. The number of carbonyl (C=O) groups excluding carboxylic acids is 2. The van der Waals surface area contributed by atoms with E-state index in [1.807, 2.05) is 0 Å². The Labute approximate surface area is 88.6 Å². The van der Waals surface area contributed by atoms with Gasteiger partial charge in [-0.1, -0.05) is 0 Å². The molecule has 0 aliphatic carbocycles. The number of ether oxygens (including phenoxy) is 1. The van der Waals surface area contributed by atoms with E-state index in [1.165, 1.54) is 7.05 Å². The second-order valence-corrected chi connectivity index (χ2v) is 2.98. The van der Waals surface area contributed by atoms with E-state index in [9.17, 15) is 22.8 Å². The summed E-state index contributed by atoms with van der Waals surface area (Å²) < 4.78 is 41.6. The molecule has 0 N–H and O–H groups in total. The van der Waals surface area contributed by atoms with E-state index >= 15 is 0 Å². The van der Waals surface area contributed by atoms with Gasteiger partial charge < -0.3 is 9.30 Å². The molecule has 7 heteroatoms. The molecule has 0 atom stereocenters. The van der Waals surface area contributed by atoms with Gasteiger partial charge in [0.2, 0.25) is 0 Å². The molecule has 1 heterocycles. The zero-order chi connectivity index (χ0) is 12.5. The molecule has 0 spiro atoms. The maximum absolute atomic E-state index is 12.1. The fourth-order valence-corrected chi connectivity index (χ4v) is 1.19. The number of aromatic nitrogens is 1. The van der Waals surface area contributed by atoms with Crippen molar-refractivity contribution >= 4 is 11.8 Å². The highest BCUT2D eigenvalue weighted by Gasteiger charge is 2.41. The Bertz CT molecular complexity index is 434. The van der Waals surface area contributed by atoms with Crippen molar-refractivity contribution in [3.05, 3.63) is 23.5 Å². The number of halogens is 3. The predicted molar refractivity (Wildman–Crippen MR) is 47.1 cm³/mol. The average molecular weight is 235 g/mol. The molecule has 0 saturated carbocycles. The molecule has 0 aliphatic heterocycles. The lowest BCUT2D eigenvalue weighted by molar-refractivity contribution is -0.0890. The van der Waals surface area contributed by atoms with Crippen LogP contribution in [0.25, 0.3) is 0 Å². The first-order chi connectivity index (χ1) is 7.29. The Morgan fingerprint density at radius 2 is 1.75 bits per heavy atom. The van der Waals surface area contributed by atoms with E-state index in [-0.39, 0.29) is 5.69 Å². The highest BCUT2D eigenvalue weighted by molar-refractivity contribution is 6.00. The van der Waals surface area contributed by atoms with Crippen LogP contribution in [0.15, 0.2) is 12.1 Å². The van der Waals surface area contributed by atoms with Crippen LogP contribution in [-0.2, 0) is 11.8 Å². The second-order valence-electron chi connectivity index (χ2n) is 2.98. The number of esters is 1. The fourth-order valence-electron chi connectivity index (χ4n) is 1.19. The van der Waals surface area contributed by atoms with Gasteiger partial charge in [0, 0.05) is 7.05 Å². The monoisotopic (exact) mass is 235 g/mol. The molecule has 0 amide bonds. The number of ketones is 1. The van der Waals surface area contributed by atoms with E-state index in [1.54, 1.807) is 0 Å². The van der Waals surface area contributed by atoms with Gasteiger partial charge in [0.15, 0.2) is 0 Å². The average Bonchev–Trinajstić information content (AvgIpc) is 2.56. The van der Waals surface area contributed by atoms with Crippen molar-refractivity contribution in [3.8, 4) is 0 Å². The standard InChI is InChI=1S/C9H8F3NO3/c1-13-5(7(14)9(10,11)12)3-4-6(13)8(15)16-2/h3-4H,1-2H3. The first kappa shape index (κ1) is 12.3. The number of rotatable bonds is 2. The smallest absolute Gasteiger partial charge is 0.456 e. The molecular weight excluding hydrogens is 227 g/mol. The third-order valence-corrected chi connectivity index (χ3v) is 2.01. The van der Waals surface area contributed by atoms with Crippen LogP contribution in [0.3, 0.4) is 0 Å². The molecule has 1 aromatic heterocycles. The Hall–Kier alpha value is -1.79. The van der Waals surface area contributed by atoms with E-state index in [2.05, 4.69) is 4.74 Å². The van der Waals surface area contributed by atoms with Crippen LogP contribution >= 0.6 is 0 Å². The van der Waals surface area contributed by atoms with Crippen molar-refractivity contribution in [1.29, 1.82) is 0 Å². The Kier molecular flexibility index (Phi) is 3.06. The van der Waals surface area contributed by atoms with Gasteiger partial charge in [-0.2, -0.15) is 13.2 Å². The van der Waals surface area contributed by atoms with Crippen LogP contribution in [0.1, 0.15) is 21.0 Å². The molecule has 88 valence electrons. The van der Waals surface area contributed by atoms with Crippen molar-refractivity contribution in [3.63, 3.8) is 0 Å². The van der Waals surface area contributed by atoms with Crippen LogP contribution in [0, 0.1) is 0 Å². The van der Waals surface area contributed by atoms with Crippen LogP contribution in [0.2, 0.25) is 0 Å². The minimum absolute atomic E-state index is 0.116. The summed E-state index contributed by atoms with van der Waals surface area (Å²) in [5.41, 5.74) is -0.719. The molecule has 0 saturated heterocycles. The lowest BCUT2D eigenvalue weighted by Gasteiger charge is -2.07. The van der Waals surface area contributed by atoms with Gasteiger partial charge in [0.25, 0.3) is 5.78 Å². The lowest BCUT2D eigenvalue weighted by atomic mass is 10.3. The number of hydrogen-bond donors (Lipinski definition) is 0. The van der Waals surface area contributed by atoms with Crippen LogP contribution in [0.5, 0.6) is 0 Å². The van der Waals surface area contributed by atoms with E-state index in [4.69, 9.17) is 0 Å². The zero-order valence-corrected chi connectivity index (χ0v) is 8.46. The summed E-state index contributed by atoms with van der Waals surface area (Å²) in [6.07, 6.45) is -4.96. The molecule has 1 aromatic rings. The number of carbonyl (C=O) groups is 2. The van der Waals surface area contributed by atoms with Gasteiger partial charge in [-0.25, -0.2) is 4.79 Å². The number of methoxy groups -OCH3 is 1. The number of Topliss-reactive ketones (excluding diaryl/α,β-unsaturated/α-hetero) is 1. The lowest BCUT2D eigenvalue weighted by Crippen LogP contribution is -2.25. The van der Waals surface area contributed by atoms with Crippen LogP contribution < -0.4 is 0 Å². The van der Waals surface area contributed by atoms with Crippen LogP contribution in [0.4, 0.5) is 13.2 Å². The van der Waals surface area contributed by atoms with Gasteiger partial charge in [0.05, 0.1) is 12.8 Å². The molecule has 0 aliphatic rings. The van der Waals surface area contributed by atoms with Crippen molar-refractivity contribution in [1.82, 2.24) is 4.57 Å². The zero-order valence-electron chi connectivity index (χ0n) is 8.46. The molecule has 0 unspecified atom stereocenters. The van der Waals surface area contributed by atoms with Crippen molar-refractivity contribution in [2.45, 2.75) is 6.18 Å². The summed E-state index contributed by atoms with van der Waals surface area (Å²) in [5, 5.41) is 0. The molecule has 0 aromatic carbocycles. The predicted octanol–water partition coefficient (Wildman–Crippen LogP) is 1.56. The molecule has 0 bridgehead atoms. The quantitative estimate of drug-likeness (QED) is 0.577. The van der Waals surface area contributed by atoms with Crippen molar-refractivity contribution in [2.75, 3.05) is 7.11 Å². The van der Waals surface area contributed by atoms with Gasteiger partial charge >= 0.3 is 12.1 Å². The summed E-state index contributed by atoms with van der Waals surface area (Å²) >= 11 is 0. The maximum atomic E-state index is 12.1. The van der Waals surface area contributed by atoms with Gasteiger partial charge in [0.1, 0.15) is 5.69 Å². The summed E-state index contributed by atoms with van der Waals surface area (Å²) in [6, 6.07) is 2.03. The fraction of sp³-hybridized carbons (Fsp3) is 0.333. The molecular formula is C9H8F3NO3. The summed E-state index contributed by atoms with van der Waals surface area (Å²) in [7, 11) is 2.28. The first-order valence-electron chi connectivity index (χ1n) is 4.14. The van der Waals surface area contributed by atoms with Crippen molar-refractivity contribution < 1.29 is 27.5 Å². The molecule has 16 heavy (non-hydrogen) atoms. The van der Waals surface area contributed by atoms with E-state index in [0.29, 0.717) is 0 Å². The molecule has 4 nitrogen and oxygen atoms in total. The normalized spacial score (nSPS) is 11.3. The highest BCUT2D eigenvalue weighted by Crippen LogP contribution is 2.22. The Morgan fingerprint density at radius 1 is 1.25 bits per heavy atom. The second kappa shape index (κ2) is 3.99. The van der Waals surface area contributed by atoms with Crippen molar-refractivity contribution in [2.24, 2.45) is 7.05 Å². The van der Waals surface area contributed by atoms with Gasteiger partial charge in [-0.05, 0) is 12.1 Å². The highest BCUT2D eigenvalue weighted by atomic mass is 19.4. The minimum atomic E-state index is -4.96. The molecule has 1 rings (SSSR count). The molecule has 0 fully saturated rings. The minimum Gasteiger partial charge on any atom is -0.464 e. The summed E-state index contributed by atoms with van der Waals surface area (Å²) in [4.78, 5) is 22.0. The van der Waals surface area contributed by atoms with Gasteiger partial charge in [-0.15, -0.1) is 0 Å². The maximum Gasteiger partial charge on any atom is 0.456 e. The molecule has 0 radical (unpaired) electrons. The van der Waals surface area contributed by atoms with E-state index in [0.717, 1.165) is 23.8 Å². The topological polar surface area (TPSA) is 48.3 Å². The first-order valence-corrected chi connectivity index (χ1v) is 4.14. The Morgan fingerprint density at radius 3 is 2.19 bits per heavy atom.